The maximum Gasteiger partial charge on any atom is 0.460 e. The third-order valence-corrected chi connectivity index (χ3v) is 4.48. The lowest BCUT2D eigenvalue weighted by molar-refractivity contribution is -0.359. The van der Waals surface area contributed by atoms with Crippen molar-refractivity contribution >= 4 is 18.0 Å². The molecule has 14 heteroatoms. The molecule has 32 heavy (non-hydrogen) atoms. The van der Waals surface area contributed by atoms with Crippen molar-refractivity contribution in [1.29, 1.82) is 0 Å². The van der Waals surface area contributed by atoms with Crippen LogP contribution in [0.2, 0.25) is 0 Å². The van der Waals surface area contributed by atoms with Crippen molar-refractivity contribution in [2.24, 2.45) is 11.8 Å². The molecule has 0 saturated carbocycles. The maximum atomic E-state index is 13.4. The standard InChI is InChI=1S/C18H27F7N2O5/c1-6-10(4)12(27-13(28)11(7-9(2)3)26-15(30)31-5)14(29)32-8-16(19,20)17(21,22)18(23,24)25/h9-12H,6-8H2,1-5H3,(H,26,30)(H,27,28). The first-order valence-electron chi connectivity index (χ1n) is 9.55. The second-order valence-corrected chi connectivity index (χ2v) is 7.57. The van der Waals surface area contributed by atoms with E-state index >= 15 is 0 Å². The third-order valence-electron chi connectivity index (χ3n) is 4.48. The van der Waals surface area contributed by atoms with Crippen molar-refractivity contribution in [2.45, 2.75) is 70.6 Å². The van der Waals surface area contributed by atoms with Gasteiger partial charge in [-0.3, -0.25) is 4.79 Å². The normalized spacial score (nSPS) is 15.5. The number of carbonyl (C=O) groups is 3. The number of nitrogens with one attached hydrogen (secondary N) is 2. The fraction of sp³-hybridized carbons (Fsp3) is 0.833. The van der Waals surface area contributed by atoms with Crippen molar-refractivity contribution in [3.05, 3.63) is 0 Å². The Morgan fingerprint density at radius 3 is 1.88 bits per heavy atom. The molecule has 2 amide bonds. The monoisotopic (exact) mass is 484 g/mol. The topological polar surface area (TPSA) is 93.7 Å². The van der Waals surface area contributed by atoms with E-state index in [0.29, 0.717) is 0 Å². The van der Waals surface area contributed by atoms with Crippen LogP contribution < -0.4 is 10.6 Å². The van der Waals surface area contributed by atoms with Crippen molar-refractivity contribution in [2.75, 3.05) is 13.7 Å². The molecule has 0 aliphatic rings. The van der Waals surface area contributed by atoms with Gasteiger partial charge in [0.05, 0.1) is 7.11 Å². The maximum absolute atomic E-state index is 13.4. The molecule has 0 aliphatic heterocycles. The Bertz CT molecular complexity index is 656. The lowest BCUT2D eigenvalue weighted by Crippen LogP contribution is -2.56. The molecule has 0 aromatic heterocycles. The van der Waals surface area contributed by atoms with Gasteiger partial charge in [-0.25, -0.2) is 9.59 Å². The molecule has 0 bridgehead atoms. The molecule has 0 heterocycles. The van der Waals surface area contributed by atoms with Gasteiger partial charge >= 0.3 is 30.1 Å². The molecule has 3 unspecified atom stereocenters. The van der Waals surface area contributed by atoms with Crippen LogP contribution in [-0.2, 0) is 19.1 Å². The number of ether oxygens (including phenoxy) is 2. The van der Waals surface area contributed by atoms with Crippen LogP contribution in [0.1, 0.15) is 40.5 Å². The summed E-state index contributed by atoms with van der Waals surface area (Å²) in [5, 5.41) is 4.39. The Morgan fingerprint density at radius 1 is 0.938 bits per heavy atom. The van der Waals surface area contributed by atoms with Gasteiger partial charge in [0, 0.05) is 0 Å². The lowest BCUT2D eigenvalue weighted by Gasteiger charge is -2.29. The second-order valence-electron chi connectivity index (χ2n) is 7.57. The Hall–Kier alpha value is -2.28. The SMILES string of the molecule is CCC(C)C(NC(=O)C(CC(C)C)NC(=O)OC)C(=O)OCC(F)(F)C(F)(F)C(F)(F)F. The van der Waals surface area contributed by atoms with Gasteiger partial charge < -0.3 is 20.1 Å². The Balaban J connectivity index is 5.50. The molecule has 0 fully saturated rings. The molecule has 0 saturated heterocycles. The van der Waals surface area contributed by atoms with Crippen LogP contribution in [0.5, 0.6) is 0 Å². The van der Waals surface area contributed by atoms with Crippen LogP contribution in [0.4, 0.5) is 35.5 Å². The number of methoxy groups -OCH3 is 1. The first-order valence-corrected chi connectivity index (χ1v) is 9.55. The van der Waals surface area contributed by atoms with E-state index < -0.39 is 60.6 Å². The molecule has 0 aromatic carbocycles. The molecular weight excluding hydrogens is 457 g/mol. The number of hydrogen-bond donors (Lipinski definition) is 2. The van der Waals surface area contributed by atoms with E-state index in [0.717, 1.165) is 7.11 Å². The highest BCUT2D eigenvalue weighted by molar-refractivity contribution is 5.89. The molecule has 0 aliphatic carbocycles. The summed E-state index contributed by atoms with van der Waals surface area (Å²) in [6.07, 6.45) is -7.29. The van der Waals surface area contributed by atoms with E-state index in [1.807, 2.05) is 0 Å². The van der Waals surface area contributed by atoms with E-state index in [-0.39, 0.29) is 18.8 Å². The van der Waals surface area contributed by atoms with Gasteiger partial charge in [-0.05, 0) is 18.3 Å². The van der Waals surface area contributed by atoms with Crippen LogP contribution >= 0.6 is 0 Å². The number of alkyl halides is 7. The zero-order chi connectivity index (χ0) is 25.5. The molecule has 0 aromatic rings. The minimum absolute atomic E-state index is 0.0824. The van der Waals surface area contributed by atoms with Crippen LogP contribution in [0, 0.1) is 11.8 Å². The number of alkyl carbamates (subject to hydrolysis) is 1. The number of hydrogen-bond acceptors (Lipinski definition) is 5. The highest BCUT2D eigenvalue weighted by Crippen LogP contribution is 2.46. The zero-order valence-electron chi connectivity index (χ0n) is 18.1. The fourth-order valence-corrected chi connectivity index (χ4v) is 2.38. The zero-order valence-corrected chi connectivity index (χ0v) is 18.1. The Kier molecular flexibility index (Phi) is 10.7. The van der Waals surface area contributed by atoms with Gasteiger partial charge in [-0.2, -0.15) is 30.7 Å². The minimum atomic E-state index is -6.57. The van der Waals surface area contributed by atoms with Crippen LogP contribution in [0.15, 0.2) is 0 Å². The van der Waals surface area contributed by atoms with Crippen LogP contribution in [-0.4, -0.2) is 61.8 Å². The highest BCUT2D eigenvalue weighted by Gasteiger charge is 2.73. The summed E-state index contributed by atoms with van der Waals surface area (Å²) in [5.41, 5.74) is 0. The number of carbonyl (C=O) groups excluding carboxylic acids is 3. The van der Waals surface area contributed by atoms with Gasteiger partial charge in [0.1, 0.15) is 12.1 Å². The third kappa shape index (κ3) is 8.01. The average molecular weight is 484 g/mol. The van der Waals surface area contributed by atoms with Crippen molar-refractivity contribution in [3.63, 3.8) is 0 Å². The smallest absolute Gasteiger partial charge is 0.457 e. The molecule has 3 atom stereocenters. The predicted octanol–water partition coefficient (Wildman–Crippen LogP) is 3.66. The molecule has 0 radical (unpaired) electrons. The van der Waals surface area contributed by atoms with E-state index in [9.17, 15) is 45.1 Å². The quantitative estimate of drug-likeness (QED) is 0.345. The van der Waals surface area contributed by atoms with Crippen molar-refractivity contribution in [1.82, 2.24) is 10.6 Å². The van der Waals surface area contributed by atoms with Crippen LogP contribution in [0.3, 0.4) is 0 Å². The van der Waals surface area contributed by atoms with Gasteiger partial charge in [0.25, 0.3) is 0 Å². The van der Waals surface area contributed by atoms with Gasteiger partial charge in [-0.1, -0.05) is 34.1 Å². The van der Waals surface area contributed by atoms with Crippen LogP contribution in [0.25, 0.3) is 0 Å². The summed E-state index contributed by atoms with van der Waals surface area (Å²) >= 11 is 0. The number of rotatable bonds is 11. The lowest BCUT2D eigenvalue weighted by atomic mass is 9.97. The van der Waals surface area contributed by atoms with Gasteiger partial charge in [0.2, 0.25) is 5.91 Å². The van der Waals surface area contributed by atoms with E-state index in [2.05, 4.69) is 20.1 Å². The number of esters is 1. The summed E-state index contributed by atoms with van der Waals surface area (Å²) in [6, 6.07) is -2.87. The minimum Gasteiger partial charge on any atom is -0.457 e. The summed E-state index contributed by atoms with van der Waals surface area (Å²) in [4.78, 5) is 36.2. The molecule has 0 rings (SSSR count). The average Bonchev–Trinajstić information content (AvgIpc) is 2.67. The Morgan fingerprint density at radius 2 is 1.47 bits per heavy atom. The molecule has 188 valence electrons. The van der Waals surface area contributed by atoms with E-state index in [1.54, 1.807) is 20.8 Å². The Labute approximate surface area is 180 Å². The second kappa shape index (κ2) is 11.5. The molecule has 0 spiro atoms. The highest BCUT2D eigenvalue weighted by atomic mass is 19.4. The summed E-state index contributed by atoms with van der Waals surface area (Å²) in [6.45, 7) is 3.80. The summed E-state index contributed by atoms with van der Waals surface area (Å²) in [5.74, 6) is -15.6. The summed E-state index contributed by atoms with van der Waals surface area (Å²) in [7, 11) is 1.04. The number of amides is 2. The molecular formula is C18H27F7N2O5. The number of halogens is 7. The fourth-order valence-electron chi connectivity index (χ4n) is 2.38. The largest absolute Gasteiger partial charge is 0.460 e. The molecule has 2 N–H and O–H groups in total. The molecule has 7 nitrogen and oxygen atoms in total. The van der Waals surface area contributed by atoms with Crippen molar-refractivity contribution in [3.8, 4) is 0 Å². The van der Waals surface area contributed by atoms with Crippen molar-refractivity contribution < 1.29 is 54.6 Å². The van der Waals surface area contributed by atoms with Gasteiger partial charge in [0.15, 0.2) is 6.61 Å². The summed E-state index contributed by atoms with van der Waals surface area (Å²) < 4.78 is 97.9. The van der Waals surface area contributed by atoms with Gasteiger partial charge in [-0.15, -0.1) is 0 Å². The predicted molar refractivity (Wildman–Crippen MR) is 97.1 cm³/mol. The first kappa shape index (κ1) is 29.7. The first-order chi connectivity index (χ1) is 14.4. The van der Waals surface area contributed by atoms with E-state index in [4.69, 9.17) is 0 Å². The van der Waals surface area contributed by atoms with E-state index in [1.165, 1.54) is 6.92 Å².